The van der Waals surface area contributed by atoms with Gasteiger partial charge >= 0.3 is 0 Å². The number of carbonyl (C=O) groups excluding carboxylic acids is 2. The van der Waals surface area contributed by atoms with Gasteiger partial charge < -0.3 is 5.32 Å². The summed E-state index contributed by atoms with van der Waals surface area (Å²) >= 11 is 0. The quantitative estimate of drug-likeness (QED) is 0.789. The third-order valence-corrected chi connectivity index (χ3v) is 7.70. The lowest BCUT2D eigenvalue weighted by molar-refractivity contribution is -0.128. The molecule has 124 valence electrons. The monoisotopic (exact) mass is 328 g/mol. The molecule has 1 saturated heterocycles. The Kier molecular flexibility index (Phi) is 3.64. The summed E-state index contributed by atoms with van der Waals surface area (Å²) in [6.07, 6.45) is 3.32. The van der Waals surface area contributed by atoms with Crippen molar-refractivity contribution < 1.29 is 18.0 Å². The van der Waals surface area contributed by atoms with Crippen LogP contribution in [0.3, 0.4) is 0 Å². The van der Waals surface area contributed by atoms with Crippen molar-refractivity contribution in [3.8, 4) is 0 Å². The minimum absolute atomic E-state index is 0.0761. The molecule has 0 aromatic heterocycles. The summed E-state index contributed by atoms with van der Waals surface area (Å²) < 4.78 is 27.7. The second-order valence-electron chi connectivity index (χ2n) is 7.53. The molecule has 0 radical (unpaired) electrons. The molecule has 2 saturated carbocycles. The summed E-state index contributed by atoms with van der Waals surface area (Å²) in [6.45, 7) is 4.62. The number of rotatable bonds is 4. The van der Waals surface area contributed by atoms with Crippen molar-refractivity contribution >= 4 is 21.7 Å². The fourth-order valence-corrected chi connectivity index (χ4v) is 6.64. The molecule has 3 unspecified atom stereocenters. The highest BCUT2D eigenvalue weighted by molar-refractivity contribution is 7.89. The van der Waals surface area contributed by atoms with E-state index < -0.39 is 21.5 Å². The van der Waals surface area contributed by atoms with Gasteiger partial charge in [-0.05, 0) is 37.0 Å². The molecule has 0 aromatic carbocycles. The zero-order valence-corrected chi connectivity index (χ0v) is 14.0. The highest BCUT2D eigenvalue weighted by Gasteiger charge is 2.65. The average Bonchev–Trinajstić information content (AvgIpc) is 2.74. The summed E-state index contributed by atoms with van der Waals surface area (Å²) in [5.74, 6) is -0.0967. The van der Waals surface area contributed by atoms with E-state index in [0.29, 0.717) is 25.8 Å². The molecule has 1 amide bonds. The predicted molar refractivity (Wildman–Crippen MR) is 81.5 cm³/mol. The largest absolute Gasteiger partial charge is 0.355 e. The van der Waals surface area contributed by atoms with Crippen molar-refractivity contribution in [3.63, 3.8) is 0 Å². The van der Waals surface area contributed by atoms with Crippen molar-refractivity contribution in [2.45, 2.75) is 52.0 Å². The zero-order chi connectivity index (χ0) is 16.2. The molecule has 3 fully saturated rings. The van der Waals surface area contributed by atoms with Gasteiger partial charge in [-0.25, -0.2) is 13.1 Å². The Morgan fingerprint density at radius 1 is 1.27 bits per heavy atom. The molecule has 2 bridgehead atoms. The lowest BCUT2D eigenvalue weighted by Gasteiger charge is -2.36. The predicted octanol–water partition coefficient (Wildman–Crippen LogP) is 0.580. The molecule has 3 aliphatic rings. The molecular weight excluding hydrogens is 304 g/mol. The fraction of sp³-hybridized carbons (Fsp3) is 0.867. The number of piperidine rings is 1. The van der Waals surface area contributed by atoms with Crippen molar-refractivity contribution in [1.29, 1.82) is 0 Å². The molecule has 1 heterocycles. The van der Waals surface area contributed by atoms with Gasteiger partial charge in [-0.15, -0.1) is 0 Å². The lowest BCUT2D eigenvalue weighted by Crippen LogP contribution is -2.53. The number of Topliss-reactive ketones (excluding diaryl/α,β-unsaturated/α-hetero) is 1. The average molecular weight is 328 g/mol. The molecule has 2 N–H and O–H groups in total. The van der Waals surface area contributed by atoms with Crippen LogP contribution in [-0.2, 0) is 19.6 Å². The van der Waals surface area contributed by atoms with Crippen LogP contribution in [0.5, 0.6) is 0 Å². The van der Waals surface area contributed by atoms with Crippen molar-refractivity contribution in [2.24, 2.45) is 16.7 Å². The Morgan fingerprint density at radius 2 is 2.00 bits per heavy atom. The van der Waals surface area contributed by atoms with Crippen molar-refractivity contribution in [1.82, 2.24) is 10.0 Å². The number of amides is 1. The second-order valence-corrected chi connectivity index (χ2v) is 9.28. The van der Waals surface area contributed by atoms with Crippen LogP contribution in [-0.4, -0.2) is 38.4 Å². The maximum atomic E-state index is 12.6. The van der Waals surface area contributed by atoms with Crippen LogP contribution in [0.25, 0.3) is 0 Å². The molecule has 22 heavy (non-hydrogen) atoms. The van der Waals surface area contributed by atoms with E-state index in [9.17, 15) is 18.0 Å². The standard InChI is InChI=1S/C15H24N2O4S/c1-14(2)10-5-6-15(14,12(18)8-10)9-22(20,21)17-11-4-3-7-16-13(11)19/h10-11,17H,3-9H2,1-2H3,(H,16,19). The van der Waals surface area contributed by atoms with E-state index in [-0.39, 0.29) is 28.8 Å². The number of fused-ring (bicyclic) bond motifs is 2. The van der Waals surface area contributed by atoms with Gasteiger partial charge in [-0.1, -0.05) is 13.8 Å². The molecule has 0 spiro atoms. The number of sulfonamides is 1. The minimum Gasteiger partial charge on any atom is -0.355 e. The number of ketones is 1. The molecule has 1 aliphatic heterocycles. The first kappa shape index (κ1) is 15.9. The summed E-state index contributed by atoms with van der Waals surface area (Å²) in [6, 6.07) is -0.702. The molecule has 0 aromatic rings. The first-order valence-corrected chi connectivity index (χ1v) is 9.64. The van der Waals surface area contributed by atoms with Crippen LogP contribution in [0.15, 0.2) is 0 Å². The summed E-state index contributed by atoms with van der Waals surface area (Å²) in [7, 11) is -3.68. The van der Waals surface area contributed by atoms with Gasteiger partial charge in [-0.2, -0.15) is 0 Å². The minimum atomic E-state index is -3.68. The highest BCUT2D eigenvalue weighted by atomic mass is 32.2. The SMILES string of the molecule is CC1(C)C2CCC1(CS(=O)(=O)NC1CCCNC1=O)C(=O)C2. The van der Waals surface area contributed by atoms with Crippen LogP contribution < -0.4 is 10.0 Å². The van der Waals surface area contributed by atoms with Crippen LogP contribution in [0.2, 0.25) is 0 Å². The number of carbonyl (C=O) groups is 2. The molecular formula is C15H24N2O4S. The zero-order valence-electron chi connectivity index (χ0n) is 13.1. The Bertz CT molecular complexity index is 613. The fourth-order valence-electron chi connectivity index (χ4n) is 4.58. The second kappa shape index (κ2) is 5.03. The van der Waals surface area contributed by atoms with Gasteiger partial charge in [-0.3, -0.25) is 9.59 Å². The van der Waals surface area contributed by atoms with Gasteiger partial charge in [0.15, 0.2) is 0 Å². The first-order chi connectivity index (χ1) is 10.2. The van der Waals surface area contributed by atoms with Crippen LogP contribution >= 0.6 is 0 Å². The molecule has 6 nitrogen and oxygen atoms in total. The maximum absolute atomic E-state index is 12.6. The maximum Gasteiger partial charge on any atom is 0.238 e. The Hall–Kier alpha value is -0.950. The van der Waals surface area contributed by atoms with E-state index in [1.807, 2.05) is 13.8 Å². The van der Waals surface area contributed by atoms with Crippen LogP contribution in [0, 0.1) is 16.7 Å². The van der Waals surface area contributed by atoms with E-state index in [1.54, 1.807) is 0 Å². The van der Waals surface area contributed by atoms with Gasteiger partial charge in [0.05, 0.1) is 5.75 Å². The van der Waals surface area contributed by atoms with E-state index in [0.717, 1.165) is 12.8 Å². The number of nitrogens with one attached hydrogen (secondary N) is 2. The molecule has 2 aliphatic carbocycles. The normalized spacial score (nSPS) is 37.4. The van der Waals surface area contributed by atoms with Crippen molar-refractivity contribution in [3.05, 3.63) is 0 Å². The van der Waals surface area contributed by atoms with E-state index in [1.165, 1.54) is 0 Å². The first-order valence-electron chi connectivity index (χ1n) is 7.99. The van der Waals surface area contributed by atoms with E-state index >= 15 is 0 Å². The van der Waals surface area contributed by atoms with E-state index in [4.69, 9.17) is 0 Å². The third-order valence-electron chi connectivity index (χ3n) is 6.18. The van der Waals surface area contributed by atoms with Gasteiger partial charge in [0, 0.05) is 18.4 Å². The molecule has 7 heteroatoms. The number of hydrogen-bond donors (Lipinski definition) is 2. The van der Waals surface area contributed by atoms with Crippen LogP contribution in [0.4, 0.5) is 0 Å². The van der Waals surface area contributed by atoms with Crippen LogP contribution in [0.1, 0.15) is 46.0 Å². The molecule has 3 rings (SSSR count). The Morgan fingerprint density at radius 3 is 2.55 bits per heavy atom. The number of hydrogen-bond acceptors (Lipinski definition) is 4. The summed E-state index contributed by atoms with van der Waals surface area (Å²) in [5, 5.41) is 2.67. The Labute approximate surface area is 131 Å². The van der Waals surface area contributed by atoms with Gasteiger partial charge in [0.25, 0.3) is 0 Å². The lowest BCUT2D eigenvalue weighted by atomic mass is 9.70. The molecule has 3 atom stereocenters. The smallest absolute Gasteiger partial charge is 0.238 e. The topological polar surface area (TPSA) is 92.3 Å². The highest BCUT2D eigenvalue weighted by Crippen LogP contribution is 2.64. The third kappa shape index (κ3) is 2.29. The van der Waals surface area contributed by atoms with Gasteiger partial charge in [0.2, 0.25) is 15.9 Å². The van der Waals surface area contributed by atoms with E-state index in [2.05, 4.69) is 10.0 Å². The van der Waals surface area contributed by atoms with Gasteiger partial charge in [0.1, 0.15) is 11.8 Å². The summed E-state index contributed by atoms with van der Waals surface area (Å²) in [4.78, 5) is 24.2. The Balaban J connectivity index is 1.79. The van der Waals surface area contributed by atoms with Crippen molar-refractivity contribution in [2.75, 3.05) is 12.3 Å². The summed E-state index contributed by atoms with van der Waals surface area (Å²) in [5.41, 5.74) is -1.07.